The van der Waals surface area contributed by atoms with Gasteiger partial charge in [0.2, 0.25) is 23.7 Å². The van der Waals surface area contributed by atoms with Crippen LogP contribution in [0.4, 0.5) is 46.0 Å². The van der Waals surface area contributed by atoms with E-state index < -0.39 is 40.5 Å². The van der Waals surface area contributed by atoms with Crippen molar-refractivity contribution in [1.29, 1.82) is 5.26 Å². The molecule has 0 fully saturated rings. The number of nitrogens with zero attached hydrogens (tertiary/aromatic N) is 13. The van der Waals surface area contributed by atoms with Gasteiger partial charge < -0.3 is 50.3 Å². The molecule has 0 aliphatic rings. The van der Waals surface area contributed by atoms with E-state index in [0.717, 1.165) is 59.6 Å². The molecule has 0 aliphatic carbocycles. The van der Waals surface area contributed by atoms with Crippen molar-refractivity contribution < 1.29 is 70.9 Å². The van der Waals surface area contributed by atoms with Gasteiger partial charge in [0.25, 0.3) is 40.5 Å². The van der Waals surface area contributed by atoms with Gasteiger partial charge in [0.05, 0.1) is 102 Å². The Hall–Kier alpha value is -10.1. The third-order valence-electron chi connectivity index (χ3n) is 12.3. The van der Waals surface area contributed by atoms with E-state index in [-0.39, 0.29) is 35.1 Å². The molecule has 0 spiro atoms. The summed E-state index contributed by atoms with van der Waals surface area (Å²) in [6, 6.07) is 27.3. The number of nitriles is 1. The summed E-state index contributed by atoms with van der Waals surface area (Å²) in [4.78, 5) is 76.6. The Labute approximate surface area is 574 Å². The van der Waals surface area contributed by atoms with E-state index in [1.165, 1.54) is 28.2 Å². The predicted molar refractivity (Wildman–Crippen MR) is 383 cm³/mol. The minimum Gasteiger partial charge on any atom is -0.494 e. The standard InChI is InChI=1S/2C27H32N8O3.C2H3N.4CH4O3S/c2*1-7-25(36)29-18-16-19(23(38-6)17-22(18)33(4)15-14-32(2)3)30-26-28-13-12-24(31-26)35-21-11-9-8-10-20(21)34(5)27(35)37;1-2-3;4*1-5(2,3)4/h2*7-13,16-17H,1,14-15H2,2-6H3,(H,29,36)(H,28,30,31);1H3;4*1H3,(H,2,3,4). The topological polar surface area (TPSA) is 460 Å². The number of ether oxygens (including phenoxy) is 2. The molecule has 0 unspecified atom stereocenters. The Morgan fingerprint density at radius 1 is 0.535 bits per heavy atom. The number of hydrogen-bond acceptors (Lipinski definition) is 25. The molecule has 8 N–H and O–H groups in total. The minimum atomic E-state index is -3.67. The number of likely N-dealkylation sites (N-methyl/N-ethyl adjacent to an activating group) is 4. The maximum Gasteiger partial charge on any atom is 0.334 e. The Bertz CT molecular complexity index is 4360. The number of imidazole rings is 2. The van der Waals surface area contributed by atoms with Crippen molar-refractivity contribution >= 4 is 120 Å². The van der Waals surface area contributed by atoms with Crippen LogP contribution in [-0.4, -0.2) is 219 Å². The number of nitrogens with one attached hydrogen (secondary N) is 4. The SMILES string of the molecule is C=CC(=O)Nc1cc(Nc2nccc(-n3c(=O)n(C)c4ccccc43)n2)c(OC)cc1N(C)CCN(C)C.C=CC(=O)Nc1cc(Nc2nccc(-n3c(=O)n(C)c4ccccc43)n2)c(OC)cc1N(C)CCN(C)C.CC#N.CS(=O)(=O)O.CS(=O)(=O)O.CS(=O)(=O)O.CS(=O)(=O)O. The predicted octanol–water partition coefficient (Wildman–Crippen LogP) is 4.53. The van der Waals surface area contributed by atoms with Gasteiger partial charge >= 0.3 is 11.4 Å². The molecule has 0 atom stereocenters. The molecule has 0 saturated heterocycles. The van der Waals surface area contributed by atoms with Crippen LogP contribution in [0.15, 0.2) is 132 Å². The van der Waals surface area contributed by atoms with E-state index in [2.05, 4.69) is 64.2 Å². The highest BCUT2D eigenvalue weighted by Crippen LogP contribution is 2.39. The molecule has 0 saturated carbocycles. The molecule has 4 aromatic heterocycles. The number of aryl methyl sites for hydroxylation is 2. The van der Waals surface area contributed by atoms with Gasteiger partial charge in [-0.15, -0.1) is 0 Å². The van der Waals surface area contributed by atoms with E-state index >= 15 is 0 Å². The lowest BCUT2D eigenvalue weighted by molar-refractivity contribution is -0.112. The summed E-state index contributed by atoms with van der Waals surface area (Å²) in [5.41, 5.74) is 6.42. The number of benzene rings is 4. The van der Waals surface area contributed by atoms with Crippen LogP contribution >= 0.6 is 0 Å². The summed E-state index contributed by atoms with van der Waals surface area (Å²) >= 11 is 0. The average molecular weight is 1460 g/mol. The molecule has 39 heteroatoms. The monoisotopic (exact) mass is 1460 g/mol. The first-order valence-corrected chi connectivity index (χ1v) is 35.8. The van der Waals surface area contributed by atoms with Gasteiger partial charge in [-0.1, -0.05) is 37.4 Å². The lowest BCUT2D eigenvalue weighted by Gasteiger charge is -2.26. The molecule has 0 aliphatic heterocycles. The first kappa shape index (κ1) is 84.9. The zero-order chi connectivity index (χ0) is 75.5. The van der Waals surface area contributed by atoms with Gasteiger partial charge in [-0.3, -0.25) is 36.9 Å². The van der Waals surface area contributed by atoms with Crippen molar-refractivity contribution in [1.82, 2.24) is 48.0 Å². The summed E-state index contributed by atoms with van der Waals surface area (Å²) in [5.74, 6) is 1.75. The van der Waals surface area contributed by atoms with E-state index in [0.29, 0.717) is 70.9 Å². The second kappa shape index (κ2) is 38.7. The normalized spacial score (nSPS) is 10.9. The van der Waals surface area contributed by atoms with Crippen LogP contribution in [0.5, 0.6) is 11.5 Å². The smallest absolute Gasteiger partial charge is 0.334 e. The maximum absolute atomic E-state index is 13.0. The quantitative estimate of drug-likeness (QED) is 0.0383. The van der Waals surface area contributed by atoms with E-state index in [1.54, 1.807) is 80.2 Å². The molecule has 8 rings (SSSR count). The number of hydrogen-bond donors (Lipinski definition) is 8. The number of carbonyl (C=O) groups is 2. The molecular formula is C60H83N17O18S4. The fourth-order valence-corrected chi connectivity index (χ4v) is 8.15. The number of rotatable bonds is 20. The second-order valence-electron chi connectivity index (χ2n) is 21.2. The molecule has 0 bridgehead atoms. The van der Waals surface area contributed by atoms with Gasteiger partial charge in [-0.25, -0.2) is 28.7 Å². The van der Waals surface area contributed by atoms with Gasteiger partial charge in [0.1, 0.15) is 23.1 Å². The molecule has 8 aromatic rings. The summed E-state index contributed by atoms with van der Waals surface area (Å²) in [6.07, 6.45) is 8.45. The van der Waals surface area contributed by atoms with Crippen molar-refractivity contribution in [3.8, 4) is 29.2 Å². The number of carbonyl (C=O) groups excluding carboxylic acids is 2. The highest BCUT2D eigenvalue weighted by molar-refractivity contribution is 7.85. The highest BCUT2D eigenvalue weighted by atomic mass is 32.2. The van der Waals surface area contributed by atoms with E-state index in [4.69, 9.17) is 32.9 Å². The fourth-order valence-electron chi connectivity index (χ4n) is 8.15. The Kier molecular flexibility index (Phi) is 33.2. The molecule has 99 heavy (non-hydrogen) atoms. The number of fused-ring (bicyclic) bond motifs is 2. The van der Waals surface area contributed by atoms with Crippen molar-refractivity contribution in [2.45, 2.75) is 6.92 Å². The second-order valence-corrected chi connectivity index (χ2v) is 27.1. The minimum absolute atomic E-state index is 0.215. The van der Waals surface area contributed by atoms with Crippen molar-refractivity contribution in [3.05, 3.63) is 144 Å². The first-order valence-electron chi connectivity index (χ1n) is 28.4. The molecule has 35 nitrogen and oxygen atoms in total. The summed E-state index contributed by atoms with van der Waals surface area (Å²) in [5, 5.41) is 19.4. The van der Waals surface area contributed by atoms with Crippen molar-refractivity contribution in [2.24, 2.45) is 14.1 Å². The van der Waals surface area contributed by atoms with Crippen LogP contribution in [0.3, 0.4) is 0 Å². The number of methoxy groups -OCH3 is 2. The molecule has 2 amide bonds. The Morgan fingerprint density at radius 2 is 0.818 bits per heavy atom. The fraction of sp³-hybridized carbons (Fsp3) is 0.317. The summed E-state index contributed by atoms with van der Waals surface area (Å²) in [7, 11) is 3.82. The first-order chi connectivity index (χ1) is 45.9. The van der Waals surface area contributed by atoms with Gasteiger partial charge in [0, 0.05) is 98.0 Å². The zero-order valence-electron chi connectivity index (χ0n) is 57.1. The lowest BCUT2D eigenvalue weighted by atomic mass is 10.2. The van der Waals surface area contributed by atoms with Crippen molar-refractivity contribution in [2.75, 3.05) is 139 Å². The zero-order valence-corrected chi connectivity index (χ0v) is 60.4. The van der Waals surface area contributed by atoms with Gasteiger partial charge in [0.15, 0.2) is 0 Å². The Balaban J connectivity index is 0.000000512. The third-order valence-corrected chi connectivity index (χ3v) is 12.3. The number of amides is 2. The van der Waals surface area contributed by atoms with Crippen LogP contribution in [0.25, 0.3) is 33.7 Å². The maximum atomic E-state index is 13.0. The average Bonchev–Trinajstić information content (AvgIpc) is 1.71. The van der Waals surface area contributed by atoms with Crippen LogP contribution in [-0.2, 0) is 64.2 Å². The van der Waals surface area contributed by atoms with Crippen molar-refractivity contribution in [3.63, 3.8) is 0 Å². The number of aromatic nitrogens is 8. The van der Waals surface area contributed by atoms with Gasteiger partial charge in [-0.2, -0.15) is 48.9 Å². The summed E-state index contributed by atoms with van der Waals surface area (Å²) in [6.45, 7) is 11.6. The number of anilines is 8. The van der Waals surface area contributed by atoms with Crippen LogP contribution in [0, 0.1) is 11.3 Å². The van der Waals surface area contributed by atoms with Crippen LogP contribution in [0.2, 0.25) is 0 Å². The van der Waals surface area contributed by atoms with Crippen LogP contribution < -0.4 is 51.9 Å². The highest BCUT2D eigenvalue weighted by Gasteiger charge is 2.21. The Morgan fingerprint density at radius 3 is 1.08 bits per heavy atom. The summed E-state index contributed by atoms with van der Waals surface area (Å²) < 4.78 is 121. The third kappa shape index (κ3) is 30.4. The molecule has 540 valence electrons. The molecule has 4 heterocycles. The van der Waals surface area contributed by atoms with E-state index in [1.807, 2.05) is 113 Å². The lowest BCUT2D eigenvalue weighted by Crippen LogP contribution is -2.29. The molecule has 4 aromatic carbocycles. The molecule has 0 radical (unpaired) electrons. The van der Waals surface area contributed by atoms with E-state index in [9.17, 15) is 52.8 Å². The van der Waals surface area contributed by atoms with Crippen LogP contribution in [0.1, 0.15) is 6.92 Å². The largest absolute Gasteiger partial charge is 0.494 e. The molecular weight excluding hydrogens is 1380 g/mol. The van der Waals surface area contributed by atoms with Gasteiger partial charge in [-0.05, 0) is 76.7 Å². The number of para-hydroxylation sites is 4.